The third-order valence-electron chi connectivity index (χ3n) is 1.12. The van der Waals surface area contributed by atoms with Gasteiger partial charge in [0.1, 0.15) is 0 Å². The van der Waals surface area contributed by atoms with E-state index in [4.69, 9.17) is 0 Å². The van der Waals surface area contributed by atoms with Gasteiger partial charge in [0.25, 0.3) is 0 Å². The summed E-state index contributed by atoms with van der Waals surface area (Å²) >= 11 is 1.90. The summed E-state index contributed by atoms with van der Waals surface area (Å²) in [7, 11) is 1.97. The molecule has 1 unspecified atom stereocenters. The quantitative estimate of drug-likeness (QED) is 0.499. The lowest BCUT2D eigenvalue weighted by Crippen LogP contribution is -2.23. The lowest BCUT2D eigenvalue weighted by Gasteiger charge is -2.17. The maximum Gasteiger partial charge on any atom is 0.0743 e. The topological polar surface area (TPSA) is 12.0 Å². The van der Waals surface area contributed by atoms with Gasteiger partial charge in [-0.3, -0.25) is 0 Å². The van der Waals surface area contributed by atoms with Gasteiger partial charge in [-0.1, -0.05) is 26.0 Å². The molecule has 0 bridgehead atoms. The second-order valence-electron chi connectivity index (χ2n) is 2.70. The molecule has 0 rings (SSSR count). The summed E-state index contributed by atoms with van der Waals surface area (Å²) in [6.45, 7) is 10.3. The summed E-state index contributed by atoms with van der Waals surface area (Å²) in [5.74, 6) is 0. The van der Waals surface area contributed by atoms with Gasteiger partial charge in [-0.25, -0.2) is 0 Å². The van der Waals surface area contributed by atoms with Crippen molar-refractivity contribution in [2.45, 2.75) is 31.4 Å². The van der Waals surface area contributed by atoms with Gasteiger partial charge in [-0.15, -0.1) is 11.8 Å². The molecule has 1 nitrogen and oxygen atoms in total. The van der Waals surface area contributed by atoms with Gasteiger partial charge in [0.2, 0.25) is 0 Å². The molecule has 0 saturated heterocycles. The highest BCUT2D eigenvalue weighted by Gasteiger charge is 2.07. The van der Waals surface area contributed by atoms with E-state index in [1.54, 1.807) is 0 Å². The standard InChI is InChI=1S/C8H17NS/c1-6(2)8(9-5)10-7(3)4/h7-9H,1H2,2-5H3. The van der Waals surface area contributed by atoms with E-state index in [1.165, 1.54) is 5.57 Å². The fourth-order valence-electron chi connectivity index (χ4n) is 0.703. The van der Waals surface area contributed by atoms with E-state index in [0.29, 0.717) is 10.6 Å². The maximum atomic E-state index is 3.90. The zero-order chi connectivity index (χ0) is 8.15. The molecule has 0 fully saturated rings. The molecule has 0 aromatic heterocycles. The van der Waals surface area contributed by atoms with Gasteiger partial charge in [0.05, 0.1) is 5.37 Å². The molecule has 0 aliphatic heterocycles. The Bertz CT molecular complexity index is 110. The van der Waals surface area contributed by atoms with Crippen LogP contribution in [0.5, 0.6) is 0 Å². The van der Waals surface area contributed by atoms with Gasteiger partial charge < -0.3 is 5.32 Å². The summed E-state index contributed by atoms with van der Waals surface area (Å²) in [4.78, 5) is 0. The van der Waals surface area contributed by atoms with Crippen molar-refractivity contribution in [3.8, 4) is 0 Å². The number of nitrogens with one attached hydrogen (secondary N) is 1. The molecule has 0 aromatic carbocycles. The van der Waals surface area contributed by atoms with Crippen molar-refractivity contribution in [3.63, 3.8) is 0 Å². The van der Waals surface area contributed by atoms with E-state index in [1.807, 2.05) is 18.8 Å². The Balaban J connectivity index is 3.72. The Morgan fingerprint density at radius 1 is 1.50 bits per heavy atom. The van der Waals surface area contributed by atoms with Gasteiger partial charge >= 0.3 is 0 Å². The molecule has 2 heteroatoms. The Kier molecular flexibility index (Phi) is 4.83. The highest BCUT2D eigenvalue weighted by atomic mass is 32.2. The van der Waals surface area contributed by atoms with Crippen molar-refractivity contribution >= 4 is 11.8 Å². The zero-order valence-electron chi connectivity index (χ0n) is 7.27. The van der Waals surface area contributed by atoms with Gasteiger partial charge in [0.15, 0.2) is 0 Å². The fourth-order valence-corrected chi connectivity index (χ4v) is 1.62. The van der Waals surface area contributed by atoms with Gasteiger partial charge in [-0.05, 0) is 14.0 Å². The molecule has 10 heavy (non-hydrogen) atoms. The minimum absolute atomic E-state index is 0.417. The summed E-state index contributed by atoms with van der Waals surface area (Å²) < 4.78 is 0. The molecular formula is C8H17NS. The molecule has 0 aliphatic carbocycles. The second-order valence-corrected chi connectivity index (χ2v) is 4.39. The van der Waals surface area contributed by atoms with Crippen molar-refractivity contribution in [1.29, 1.82) is 0 Å². The molecule has 0 aromatic rings. The molecule has 0 amide bonds. The molecular weight excluding hydrogens is 142 g/mol. The van der Waals surface area contributed by atoms with E-state index >= 15 is 0 Å². The number of likely N-dealkylation sites (N-methyl/N-ethyl adjacent to an activating group) is 1. The summed E-state index contributed by atoms with van der Waals surface area (Å²) in [5, 5.41) is 4.27. The highest BCUT2D eigenvalue weighted by Crippen LogP contribution is 2.19. The van der Waals surface area contributed by atoms with Gasteiger partial charge in [0, 0.05) is 5.25 Å². The largest absolute Gasteiger partial charge is 0.305 e. The van der Waals surface area contributed by atoms with Crippen LogP contribution in [0.15, 0.2) is 12.2 Å². The van der Waals surface area contributed by atoms with Crippen LogP contribution in [0.4, 0.5) is 0 Å². The molecule has 0 spiro atoms. The van der Waals surface area contributed by atoms with Crippen molar-refractivity contribution < 1.29 is 0 Å². The van der Waals surface area contributed by atoms with Crippen molar-refractivity contribution in [2.24, 2.45) is 0 Å². The average molecular weight is 159 g/mol. The maximum absolute atomic E-state index is 3.90. The van der Waals surface area contributed by atoms with Crippen LogP contribution >= 0.6 is 11.8 Å². The Morgan fingerprint density at radius 2 is 2.00 bits per heavy atom. The van der Waals surface area contributed by atoms with Crippen molar-refractivity contribution in [1.82, 2.24) is 5.32 Å². The fraction of sp³-hybridized carbons (Fsp3) is 0.750. The van der Waals surface area contributed by atoms with Gasteiger partial charge in [-0.2, -0.15) is 0 Å². The van der Waals surface area contributed by atoms with Crippen LogP contribution < -0.4 is 5.32 Å². The smallest absolute Gasteiger partial charge is 0.0743 e. The van der Waals surface area contributed by atoms with E-state index in [2.05, 4.69) is 32.7 Å². The Labute approximate surface area is 68.3 Å². The zero-order valence-corrected chi connectivity index (χ0v) is 8.09. The van der Waals surface area contributed by atoms with E-state index in [0.717, 1.165) is 0 Å². The van der Waals surface area contributed by atoms with E-state index in [-0.39, 0.29) is 0 Å². The second kappa shape index (κ2) is 4.80. The van der Waals surface area contributed by atoms with Crippen LogP contribution in [0.1, 0.15) is 20.8 Å². The lowest BCUT2D eigenvalue weighted by atomic mass is 10.3. The molecule has 1 N–H and O–H groups in total. The third-order valence-corrected chi connectivity index (χ3v) is 2.57. The minimum Gasteiger partial charge on any atom is -0.305 e. The summed E-state index contributed by atoms with van der Waals surface area (Å²) in [5.41, 5.74) is 1.20. The van der Waals surface area contributed by atoms with Crippen LogP contribution in [-0.4, -0.2) is 17.7 Å². The molecule has 0 radical (unpaired) electrons. The molecule has 0 heterocycles. The lowest BCUT2D eigenvalue weighted by molar-refractivity contribution is 0.823. The predicted octanol–water partition coefficient (Wildman–Crippen LogP) is 2.25. The third kappa shape index (κ3) is 3.96. The van der Waals surface area contributed by atoms with Crippen molar-refractivity contribution in [2.75, 3.05) is 7.05 Å². The van der Waals surface area contributed by atoms with E-state index < -0.39 is 0 Å². The average Bonchev–Trinajstić information content (AvgIpc) is 1.81. The number of hydrogen-bond donors (Lipinski definition) is 1. The number of hydrogen-bond acceptors (Lipinski definition) is 2. The molecule has 0 aliphatic rings. The normalized spacial score (nSPS) is 13.7. The first kappa shape index (κ1) is 10.0. The molecule has 1 atom stereocenters. The minimum atomic E-state index is 0.417. The van der Waals surface area contributed by atoms with E-state index in [9.17, 15) is 0 Å². The number of thioether (sulfide) groups is 1. The summed E-state index contributed by atoms with van der Waals surface area (Å²) in [6, 6.07) is 0. The van der Waals surface area contributed by atoms with Crippen LogP contribution in [0.3, 0.4) is 0 Å². The van der Waals surface area contributed by atoms with Crippen molar-refractivity contribution in [3.05, 3.63) is 12.2 Å². The predicted molar refractivity (Wildman–Crippen MR) is 50.4 cm³/mol. The Hall–Kier alpha value is 0.0500. The highest BCUT2D eigenvalue weighted by molar-refractivity contribution is 8.00. The Morgan fingerprint density at radius 3 is 2.10 bits per heavy atom. The SMILES string of the molecule is C=C(C)C(NC)SC(C)C. The molecule has 0 saturated carbocycles. The first-order chi connectivity index (χ1) is 4.57. The molecule has 60 valence electrons. The van der Waals surface area contributed by atoms with Crippen LogP contribution in [0.25, 0.3) is 0 Å². The number of rotatable bonds is 4. The monoisotopic (exact) mass is 159 g/mol. The van der Waals surface area contributed by atoms with Crippen LogP contribution in [0, 0.1) is 0 Å². The first-order valence-corrected chi connectivity index (χ1v) is 4.50. The summed E-state index contributed by atoms with van der Waals surface area (Å²) in [6.07, 6.45) is 0. The van der Waals surface area contributed by atoms with Crippen LogP contribution in [-0.2, 0) is 0 Å². The van der Waals surface area contributed by atoms with Crippen LogP contribution in [0.2, 0.25) is 0 Å². The first-order valence-electron chi connectivity index (χ1n) is 3.56.